The van der Waals surface area contributed by atoms with Crippen LogP contribution in [0.15, 0.2) is 65.6 Å². The van der Waals surface area contributed by atoms with E-state index in [1.807, 2.05) is 36.4 Å². The molecule has 0 aliphatic rings. The molecule has 0 saturated carbocycles. The highest BCUT2D eigenvalue weighted by Crippen LogP contribution is 2.15. The zero-order chi connectivity index (χ0) is 23.0. The lowest BCUT2D eigenvalue weighted by atomic mass is 10.1. The van der Waals surface area contributed by atoms with Gasteiger partial charge in [0.2, 0.25) is 5.91 Å². The second-order valence-electron chi connectivity index (χ2n) is 7.53. The molecule has 2 aromatic heterocycles. The van der Waals surface area contributed by atoms with E-state index in [1.165, 1.54) is 10.5 Å². The number of hydrogen-bond donors (Lipinski definition) is 2. The van der Waals surface area contributed by atoms with E-state index >= 15 is 0 Å². The number of nitrogens with zero attached hydrogens (tertiary/aromatic N) is 4. The number of fused-ring (bicyclic) bond motifs is 1. The summed E-state index contributed by atoms with van der Waals surface area (Å²) in [6.07, 6.45) is 3.65. The number of hydrogen-bond acceptors (Lipinski definition) is 6. The van der Waals surface area contributed by atoms with Gasteiger partial charge in [-0.25, -0.2) is 0 Å². The van der Waals surface area contributed by atoms with Crippen LogP contribution >= 0.6 is 23.4 Å². The normalized spacial score (nSPS) is 11.0. The summed E-state index contributed by atoms with van der Waals surface area (Å²) >= 11 is 7.66. The topological polar surface area (TPSA) is 84.2 Å². The molecule has 0 saturated heterocycles. The lowest BCUT2D eigenvalue weighted by molar-refractivity contribution is -0.121. The summed E-state index contributed by atoms with van der Waals surface area (Å²) in [6, 6.07) is 19.8. The lowest BCUT2D eigenvalue weighted by Gasteiger charge is -2.07. The van der Waals surface area contributed by atoms with Gasteiger partial charge in [0.05, 0.1) is 0 Å². The van der Waals surface area contributed by atoms with Crippen LogP contribution in [0.2, 0.25) is 5.02 Å². The zero-order valence-corrected chi connectivity index (χ0v) is 19.9. The number of anilines is 1. The third kappa shape index (κ3) is 6.46. The largest absolute Gasteiger partial charge is 0.365 e. The van der Waals surface area contributed by atoms with Crippen molar-refractivity contribution in [1.29, 1.82) is 0 Å². The third-order valence-corrected chi connectivity index (χ3v) is 6.18. The van der Waals surface area contributed by atoms with Crippen molar-refractivity contribution >= 4 is 40.7 Å². The summed E-state index contributed by atoms with van der Waals surface area (Å²) in [6.45, 7) is 1.23. The Balaban J connectivity index is 1.28. The molecular weight excluding hydrogens is 456 g/mol. The number of benzene rings is 2. The van der Waals surface area contributed by atoms with Crippen molar-refractivity contribution in [2.45, 2.75) is 30.7 Å². The molecule has 0 bridgehead atoms. The van der Waals surface area contributed by atoms with Gasteiger partial charge in [-0.3, -0.25) is 4.79 Å². The fourth-order valence-corrected chi connectivity index (χ4v) is 3.86. The molecule has 170 valence electrons. The summed E-state index contributed by atoms with van der Waals surface area (Å²) in [7, 11) is 0. The molecule has 9 heteroatoms. The van der Waals surface area contributed by atoms with Crippen LogP contribution in [0.3, 0.4) is 0 Å². The van der Waals surface area contributed by atoms with E-state index in [-0.39, 0.29) is 5.91 Å². The van der Waals surface area contributed by atoms with Gasteiger partial charge in [-0.15, -0.1) is 27.1 Å². The van der Waals surface area contributed by atoms with Crippen molar-refractivity contribution in [3.8, 4) is 0 Å². The first kappa shape index (κ1) is 23.1. The van der Waals surface area contributed by atoms with E-state index in [0.29, 0.717) is 48.2 Å². The molecule has 0 atom stereocenters. The maximum atomic E-state index is 12.3. The molecule has 0 spiro atoms. The predicted octanol–water partition coefficient (Wildman–Crippen LogP) is 4.40. The van der Waals surface area contributed by atoms with Crippen molar-refractivity contribution in [1.82, 2.24) is 25.1 Å². The number of carbonyl (C=O) groups is 1. The summed E-state index contributed by atoms with van der Waals surface area (Å²) in [5.74, 6) is 1.35. The highest BCUT2D eigenvalue weighted by Gasteiger charge is 2.10. The van der Waals surface area contributed by atoms with Crippen LogP contribution in [0.1, 0.15) is 23.4 Å². The van der Waals surface area contributed by atoms with E-state index in [0.717, 1.165) is 12.0 Å². The van der Waals surface area contributed by atoms with Crippen molar-refractivity contribution in [2.24, 2.45) is 0 Å². The van der Waals surface area contributed by atoms with Gasteiger partial charge in [-0.1, -0.05) is 35.9 Å². The fourth-order valence-electron chi connectivity index (χ4n) is 3.33. The molecule has 0 radical (unpaired) electrons. The van der Waals surface area contributed by atoms with Gasteiger partial charge in [0, 0.05) is 35.8 Å². The number of nitrogens with one attached hydrogen (secondary N) is 2. The second-order valence-corrected chi connectivity index (χ2v) is 8.85. The first-order chi connectivity index (χ1) is 16.1. The molecule has 2 N–H and O–H groups in total. The molecule has 2 aromatic carbocycles. The molecule has 1 amide bonds. The first-order valence-electron chi connectivity index (χ1n) is 10.7. The van der Waals surface area contributed by atoms with Crippen molar-refractivity contribution in [2.75, 3.05) is 18.1 Å². The average Bonchev–Trinajstić information content (AvgIpc) is 3.25. The number of thioether (sulfide) groups is 1. The molecule has 4 aromatic rings. The fraction of sp³-hybridized carbons (Fsp3) is 0.250. The van der Waals surface area contributed by atoms with Gasteiger partial charge in [0.15, 0.2) is 11.5 Å². The summed E-state index contributed by atoms with van der Waals surface area (Å²) in [5, 5.41) is 19.9. The smallest absolute Gasteiger partial charge is 0.220 e. The van der Waals surface area contributed by atoms with Gasteiger partial charge in [-0.2, -0.15) is 4.52 Å². The van der Waals surface area contributed by atoms with Gasteiger partial charge < -0.3 is 10.6 Å². The van der Waals surface area contributed by atoms with Crippen LogP contribution in [-0.4, -0.2) is 38.5 Å². The number of carbonyl (C=O) groups excluding carboxylic acids is 1. The summed E-state index contributed by atoms with van der Waals surface area (Å²) in [5.41, 5.74) is 2.96. The maximum absolute atomic E-state index is 12.3. The molecule has 7 nitrogen and oxygen atoms in total. The number of amides is 1. The van der Waals surface area contributed by atoms with Crippen LogP contribution in [0.25, 0.3) is 5.65 Å². The van der Waals surface area contributed by atoms with E-state index in [1.54, 1.807) is 16.3 Å². The number of rotatable bonds is 10. The first-order valence-corrected chi connectivity index (χ1v) is 12.3. The zero-order valence-electron chi connectivity index (χ0n) is 18.3. The molecule has 4 rings (SSSR count). The monoisotopic (exact) mass is 480 g/mol. The predicted molar refractivity (Wildman–Crippen MR) is 133 cm³/mol. The van der Waals surface area contributed by atoms with Gasteiger partial charge in [-0.05, 0) is 60.2 Å². The van der Waals surface area contributed by atoms with Gasteiger partial charge >= 0.3 is 0 Å². The molecule has 2 heterocycles. The minimum atomic E-state index is -0.00972. The SMILES string of the molecule is CSc1ccc(CCNC(=O)CCc2nnc3ccc(NCc4ccc(Cl)cc4)nn23)cc1. The number of aryl methyl sites for hydroxylation is 1. The standard InChI is InChI=1S/C24H25ClN6OS/c1-33-20-8-4-17(5-9-20)14-15-26-24(32)13-12-23-29-28-22-11-10-21(30-31(22)23)27-16-18-2-6-19(25)7-3-18/h2-11H,12-16H2,1H3,(H,26,32)(H,27,30). The molecule has 0 aliphatic carbocycles. The second kappa shape index (κ2) is 11.2. The quantitative estimate of drug-likeness (QED) is 0.327. The van der Waals surface area contributed by atoms with Crippen molar-refractivity contribution < 1.29 is 4.79 Å². The van der Waals surface area contributed by atoms with E-state index in [2.05, 4.69) is 56.5 Å². The highest BCUT2D eigenvalue weighted by atomic mass is 35.5. The van der Waals surface area contributed by atoms with Crippen LogP contribution in [0.5, 0.6) is 0 Å². The van der Waals surface area contributed by atoms with E-state index in [4.69, 9.17) is 11.6 Å². The Morgan fingerprint density at radius 2 is 1.73 bits per heavy atom. The Morgan fingerprint density at radius 1 is 0.970 bits per heavy atom. The van der Waals surface area contributed by atoms with Crippen molar-refractivity contribution in [3.05, 3.63) is 82.6 Å². The summed E-state index contributed by atoms with van der Waals surface area (Å²) < 4.78 is 1.69. The van der Waals surface area contributed by atoms with E-state index < -0.39 is 0 Å². The third-order valence-electron chi connectivity index (χ3n) is 5.18. The molecular formula is C24H25ClN6OS. The Morgan fingerprint density at radius 3 is 2.48 bits per heavy atom. The highest BCUT2D eigenvalue weighted by molar-refractivity contribution is 7.98. The number of aromatic nitrogens is 4. The van der Waals surface area contributed by atoms with E-state index in [9.17, 15) is 4.79 Å². The average molecular weight is 481 g/mol. The molecule has 33 heavy (non-hydrogen) atoms. The van der Waals surface area contributed by atoms with Crippen LogP contribution in [0, 0.1) is 0 Å². The Labute approximate surface area is 202 Å². The number of halogens is 1. The maximum Gasteiger partial charge on any atom is 0.220 e. The molecule has 0 fully saturated rings. The Kier molecular flexibility index (Phi) is 7.80. The molecule has 0 unspecified atom stereocenters. The van der Waals surface area contributed by atoms with Crippen molar-refractivity contribution in [3.63, 3.8) is 0 Å². The Bertz CT molecular complexity index is 1210. The van der Waals surface area contributed by atoms with Crippen LogP contribution in [0.4, 0.5) is 5.82 Å². The summed E-state index contributed by atoms with van der Waals surface area (Å²) in [4.78, 5) is 13.5. The minimum Gasteiger partial charge on any atom is -0.365 e. The van der Waals surface area contributed by atoms with Gasteiger partial charge in [0.1, 0.15) is 5.82 Å². The van der Waals surface area contributed by atoms with Crippen LogP contribution in [-0.2, 0) is 24.2 Å². The minimum absolute atomic E-state index is 0.00972. The Hall–Kier alpha value is -3.10. The van der Waals surface area contributed by atoms with Gasteiger partial charge in [0.25, 0.3) is 0 Å². The van der Waals surface area contributed by atoms with Crippen LogP contribution < -0.4 is 10.6 Å². The molecule has 0 aliphatic heterocycles. The lowest BCUT2D eigenvalue weighted by Crippen LogP contribution is -2.26.